The molecule has 1 amide bonds. The zero-order chi connectivity index (χ0) is 21.4. The van der Waals surface area contributed by atoms with Crippen LogP contribution in [0.3, 0.4) is 0 Å². The van der Waals surface area contributed by atoms with E-state index in [0.29, 0.717) is 11.9 Å². The summed E-state index contributed by atoms with van der Waals surface area (Å²) >= 11 is 3.08. The Morgan fingerprint density at radius 2 is 2.00 bits per heavy atom. The van der Waals surface area contributed by atoms with Gasteiger partial charge in [-0.1, -0.05) is 35.5 Å². The summed E-state index contributed by atoms with van der Waals surface area (Å²) in [5.74, 6) is 1.72. The zero-order valence-corrected chi connectivity index (χ0v) is 18.9. The highest BCUT2D eigenvalue weighted by Crippen LogP contribution is 2.41. The molecule has 1 N–H and O–H groups in total. The molecular weight excluding hydrogens is 428 g/mol. The number of anilines is 1. The summed E-state index contributed by atoms with van der Waals surface area (Å²) in [6.45, 7) is 3.96. The lowest BCUT2D eigenvalue weighted by molar-refractivity contribution is -0.113. The molecule has 1 aliphatic rings. The number of carbonyl (C=O) groups excluding carboxylic acids is 1. The highest BCUT2D eigenvalue weighted by Gasteiger charge is 2.30. The van der Waals surface area contributed by atoms with Crippen LogP contribution in [0.1, 0.15) is 30.1 Å². The molecule has 1 aromatic carbocycles. The van der Waals surface area contributed by atoms with Crippen molar-refractivity contribution in [1.82, 2.24) is 24.5 Å². The zero-order valence-electron chi connectivity index (χ0n) is 17.3. The fraction of sp³-hybridized carbons (Fsp3) is 0.273. The van der Waals surface area contributed by atoms with Gasteiger partial charge in [0.2, 0.25) is 5.91 Å². The second-order valence-electron chi connectivity index (χ2n) is 7.64. The van der Waals surface area contributed by atoms with Gasteiger partial charge >= 0.3 is 0 Å². The normalized spacial score (nSPS) is 13.5. The number of thioether (sulfide) groups is 1. The van der Waals surface area contributed by atoms with E-state index in [2.05, 4.69) is 31.2 Å². The summed E-state index contributed by atoms with van der Waals surface area (Å²) in [6.07, 6.45) is 2.26. The Hall–Kier alpha value is -2.91. The number of hydrogen-bond acceptors (Lipinski definition) is 6. The summed E-state index contributed by atoms with van der Waals surface area (Å²) in [6, 6.07) is 14.4. The fourth-order valence-corrected chi connectivity index (χ4v) is 4.90. The fourth-order valence-electron chi connectivity index (χ4n) is 3.39. The van der Waals surface area contributed by atoms with Gasteiger partial charge in [-0.05, 0) is 50.3 Å². The Balaban J connectivity index is 1.30. The van der Waals surface area contributed by atoms with Gasteiger partial charge in [0.25, 0.3) is 0 Å². The summed E-state index contributed by atoms with van der Waals surface area (Å²) in [4.78, 5) is 13.8. The molecule has 0 unspecified atom stereocenters. The van der Waals surface area contributed by atoms with Gasteiger partial charge in [-0.25, -0.2) is 4.68 Å². The Morgan fingerprint density at radius 3 is 2.71 bits per heavy atom. The number of thiophene rings is 1. The number of hydrogen-bond donors (Lipinski definition) is 1. The molecule has 0 atom stereocenters. The van der Waals surface area contributed by atoms with Crippen LogP contribution in [0.25, 0.3) is 16.4 Å². The number of aryl methyl sites for hydroxylation is 2. The van der Waals surface area contributed by atoms with Crippen molar-refractivity contribution in [3.05, 3.63) is 59.1 Å². The van der Waals surface area contributed by atoms with E-state index in [0.717, 1.165) is 40.1 Å². The van der Waals surface area contributed by atoms with Crippen molar-refractivity contribution in [2.45, 2.75) is 37.9 Å². The maximum atomic E-state index is 12.7. The lowest BCUT2D eigenvalue weighted by Gasteiger charge is -2.10. The molecule has 158 valence electrons. The first-order chi connectivity index (χ1) is 15.1. The molecular formula is C22H22N6OS2. The van der Waals surface area contributed by atoms with Crippen LogP contribution < -0.4 is 5.32 Å². The van der Waals surface area contributed by atoms with E-state index in [1.54, 1.807) is 16.0 Å². The van der Waals surface area contributed by atoms with Gasteiger partial charge in [-0.3, -0.25) is 9.36 Å². The average molecular weight is 451 g/mol. The SMILES string of the molecule is Cc1ccc(-n2nc(C)cc2NC(=O)CSc2nnc(-c3cccs3)n2C2CC2)cc1. The Morgan fingerprint density at radius 1 is 1.19 bits per heavy atom. The number of carbonyl (C=O) groups is 1. The maximum Gasteiger partial charge on any atom is 0.236 e. The van der Waals surface area contributed by atoms with Gasteiger partial charge in [0.15, 0.2) is 11.0 Å². The number of nitrogens with one attached hydrogen (secondary N) is 1. The predicted octanol–water partition coefficient (Wildman–Crippen LogP) is 4.87. The summed E-state index contributed by atoms with van der Waals surface area (Å²) < 4.78 is 3.95. The molecule has 31 heavy (non-hydrogen) atoms. The van der Waals surface area contributed by atoms with Crippen LogP contribution in [0.2, 0.25) is 0 Å². The van der Waals surface area contributed by atoms with E-state index in [-0.39, 0.29) is 11.7 Å². The van der Waals surface area contributed by atoms with Crippen LogP contribution >= 0.6 is 23.1 Å². The maximum absolute atomic E-state index is 12.7. The van der Waals surface area contributed by atoms with E-state index in [1.165, 1.54) is 17.3 Å². The van der Waals surface area contributed by atoms with Crippen LogP contribution in [-0.2, 0) is 4.79 Å². The van der Waals surface area contributed by atoms with Gasteiger partial charge in [0.05, 0.1) is 22.0 Å². The third-order valence-corrected chi connectivity index (χ3v) is 6.84. The second kappa shape index (κ2) is 8.32. The van der Waals surface area contributed by atoms with Crippen molar-refractivity contribution >= 4 is 34.8 Å². The number of rotatable bonds is 7. The van der Waals surface area contributed by atoms with Gasteiger partial charge in [-0.2, -0.15) is 5.10 Å². The highest BCUT2D eigenvalue weighted by atomic mass is 32.2. The van der Waals surface area contributed by atoms with Crippen molar-refractivity contribution in [2.24, 2.45) is 0 Å². The van der Waals surface area contributed by atoms with E-state index in [1.807, 2.05) is 55.6 Å². The van der Waals surface area contributed by atoms with Crippen LogP contribution in [0, 0.1) is 13.8 Å². The minimum atomic E-state index is -0.0960. The smallest absolute Gasteiger partial charge is 0.236 e. The van der Waals surface area contributed by atoms with Crippen LogP contribution in [0.15, 0.2) is 53.0 Å². The monoisotopic (exact) mass is 450 g/mol. The van der Waals surface area contributed by atoms with Crippen LogP contribution in [0.5, 0.6) is 0 Å². The van der Waals surface area contributed by atoms with Crippen molar-refractivity contribution in [2.75, 3.05) is 11.1 Å². The third kappa shape index (κ3) is 4.28. The molecule has 5 rings (SSSR count). The molecule has 7 nitrogen and oxygen atoms in total. The minimum Gasteiger partial charge on any atom is -0.310 e. The molecule has 4 aromatic rings. The molecule has 1 fully saturated rings. The van der Waals surface area contributed by atoms with Crippen LogP contribution in [-0.4, -0.2) is 36.2 Å². The number of benzene rings is 1. The Kier molecular flexibility index (Phi) is 5.37. The second-order valence-corrected chi connectivity index (χ2v) is 9.53. The van der Waals surface area contributed by atoms with E-state index in [9.17, 15) is 4.79 Å². The quantitative estimate of drug-likeness (QED) is 0.406. The topological polar surface area (TPSA) is 77.6 Å². The first kappa shape index (κ1) is 20.0. The van der Waals surface area contributed by atoms with Crippen molar-refractivity contribution < 1.29 is 4.79 Å². The molecule has 1 aliphatic carbocycles. The van der Waals surface area contributed by atoms with E-state index in [4.69, 9.17) is 0 Å². The predicted molar refractivity (Wildman–Crippen MR) is 124 cm³/mol. The Bertz CT molecular complexity index is 1210. The molecule has 0 saturated heterocycles. The molecule has 0 bridgehead atoms. The molecule has 1 saturated carbocycles. The van der Waals surface area contributed by atoms with Gasteiger partial charge < -0.3 is 5.32 Å². The first-order valence-corrected chi connectivity index (χ1v) is 12.0. The molecule has 0 spiro atoms. The summed E-state index contributed by atoms with van der Waals surface area (Å²) in [7, 11) is 0. The van der Waals surface area contributed by atoms with E-state index < -0.39 is 0 Å². The van der Waals surface area contributed by atoms with Gasteiger partial charge in [0.1, 0.15) is 5.82 Å². The standard InChI is InChI=1S/C22H22N6OS2/c1-14-5-7-17(8-6-14)28-19(12-15(2)26-28)23-20(29)13-31-22-25-24-21(18-4-3-11-30-18)27(22)16-9-10-16/h3-8,11-12,16H,9-10,13H2,1-2H3,(H,23,29). The lowest BCUT2D eigenvalue weighted by Crippen LogP contribution is -2.17. The van der Waals surface area contributed by atoms with Crippen molar-refractivity contribution in [3.8, 4) is 16.4 Å². The largest absolute Gasteiger partial charge is 0.310 e. The first-order valence-electron chi connectivity index (χ1n) is 10.1. The number of amides is 1. The summed E-state index contributed by atoms with van der Waals surface area (Å²) in [5, 5.41) is 19.1. The molecule has 3 heterocycles. The van der Waals surface area contributed by atoms with Crippen molar-refractivity contribution in [3.63, 3.8) is 0 Å². The van der Waals surface area contributed by atoms with E-state index >= 15 is 0 Å². The molecule has 0 radical (unpaired) electrons. The average Bonchev–Trinajstić information content (AvgIpc) is 3.14. The molecule has 0 aliphatic heterocycles. The Labute approximate surface area is 188 Å². The van der Waals surface area contributed by atoms with Gasteiger partial charge in [-0.15, -0.1) is 21.5 Å². The van der Waals surface area contributed by atoms with Crippen molar-refractivity contribution in [1.29, 1.82) is 0 Å². The number of aromatic nitrogens is 5. The van der Waals surface area contributed by atoms with Crippen LogP contribution in [0.4, 0.5) is 5.82 Å². The minimum absolute atomic E-state index is 0.0960. The highest BCUT2D eigenvalue weighted by molar-refractivity contribution is 7.99. The summed E-state index contributed by atoms with van der Waals surface area (Å²) in [5.41, 5.74) is 2.93. The lowest BCUT2D eigenvalue weighted by atomic mass is 10.2. The third-order valence-electron chi connectivity index (χ3n) is 5.03. The number of nitrogens with zero attached hydrogens (tertiary/aromatic N) is 5. The molecule has 9 heteroatoms. The van der Waals surface area contributed by atoms with Gasteiger partial charge in [0, 0.05) is 12.1 Å². The molecule has 3 aromatic heterocycles.